The Hall–Kier alpha value is -1.24. The lowest BCUT2D eigenvalue weighted by atomic mass is 10.3. The molecule has 4 nitrogen and oxygen atoms in total. The van der Waals surface area contributed by atoms with E-state index in [2.05, 4.69) is 27.7 Å². The first-order valence-corrected chi connectivity index (χ1v) is 7.17. The van der Waals surface area contributed by atoms with Crippen LogP contribution in [0.4, 0.5) is 0 Å². The third kappa shape index (κ3) is 3.02. The molecule has 0 saturated carbocycles. The van der Waals surface area contributed by atoms with Gasteiger partial charge in [-0.05, 0) is 55.5 Å². The molecule has 1 aromatic heterocycles. The molecule has 1 aromatic carbocycles. The van der Waals surface area contributed by atoms with Crippen molar-refractivity contribution in [1.29, 1.82) is 0 Å². The first-order chi connectivity index (χ1) is 9.02. The van der Waals surface area contributed by atoms with Crippen molar-refractivity contribution < 1.29 is 9.47 Å². The van der Waals surface area contributed by atoms with Crippen LogP contribution in [0.1, 0.15) is 19.5 Å². The van der Waals surface area contributed by atoms with E-state index in [9.17, 15) is 0 Å². The lowest BCUT2D eigenvalue weighted by Crippen LogP contribution is -2.07. The third-order valence-corrected chi connectivity index (χ3v) is 3.90. The lowest BCUT2D eigenvalue weighted by Gasteiger charge is -2.07. The molecule has 0 amide bonds. The van der Waals surface area contributed by atoms with Crippen LogP contribution in [0.15, 0.2) is 24.3 Å². The summed E-state index contributed by atoms with van der Waals surface area (Å²) in [5.41, 5.74) is 2.03. The molecule has 0 N–H and O–H groups in total. The molecule has 0 aliphatic rings. The maximum absolute atomic E-state index is 5.71. The van der Waals surface area contributed by atoms with Gasteiger partial charge < -0.3 is 9.47 Å². The molecule has 19 heavy (non-hydrogen) atoms. The summed E-state index contributed by atoms with van der Waals surface area (Å²) in [6, 6.07) is 7.82. The van der Waals surface area contributed by atoms with E-state index in [1.54, 1.807) is 7.11 Å². The number of aromatic nitrogens is 2. The SMILES string of the molecule is COc1cccc(-n2nc(OC(C)C)c(I)c2C)c1. The van der Waals surface area contributed by atoms with Crippen LogP contribution in [0.25, 0.3) is 5.69 Å². The van der Waals surface area contributed by atoms with E-state index in [0.29, 0.717) is 5.88 Å². The second-order valence-electron chi connectivity index (χ2n) is 4.48. The van der Waals surface area contributed by atoms with Gasteiger partial charge in [0.25, 0.3) is 0 Å². The van der Waals surface area contributed by atoms with Crippen molar-refractivity contribution in [2.45, 2.75) is 26.9 Å². The van der Waals surface area contributed by atoms with E-state index in [1.165, 1.54) is 0 Å². The number of methoxy groups -OCH3 is 1. The Balaban J connectivity index is 2.44. The van der Waals surface area contributed by atoms with Crippen molar-refractivity contribution in [3.8, 4) is 17.3 Å². The summed E-state index contributed by atoms with van der Waals surface area (Å²) in [5, 5.41) is 4.53. The number of hydrogen-bond donors (Lipinski definition) is 0. The number of ether oxygens (including phenoxy) is 2. The first kappa shape index (κ1) is 14.2. The maximum Gasteiger partial charge on any atom is 0.247 e. The molecule has 1 heterocycles. The van der Waals surface area contributed by atoms with Gasteiger partial charge in [0, 0.05) is 6.07 Å². The molecule has 2 rings (SSSR count). The number of nitrogens with zero attached hydrogens (tertiary/aromatic N) is 2. The summed E-state index contributed by atoms with van der Waals surface area (Å²) < 4.78 is 13.9. The zero-order valence-corrected chi connectivity index (χ0v) is 13.6. The highest BCUT2D eigenvalue weighted by atomic mass is 127. The quantitative estimate of drug-likeness (QED) is 0.770. The monoisotopic (exact) mass is 372 g/mol. The predicted molar refractivity (Wildman–Crippen MR) is 83.3 cm³/mol. The molecule has 0 saturated heterocycles. The molecule has 0 aliphatic carbocycles. The summed E-state index contributed by atoms with van der Waals surface area (Å²) >= 11 is 2.26. The Labute approximate surface area is 126 Å². The van der Waals surface area contributed by atoms with Crippen LogP contribution in [0.3, 0.4) is 0 Å². The van der Waals surface area contributed by atoms with Crippen LogP contribution >= 0.6 is 22.6 Å². The topological polar surface area (TPSA) is 36.3 Å². The van der Waals surface area contributed by atoms with Gasteiger partial charge in [-0.3, -0.25) is 0 Å². The lowest BCUT2D eigenvalue weighted by molar-refractivity contribution is 0.229. The van der Waals surface area contributed by atoms with Crippen LogP contribution in [-0.2, 0) is 0 Å². The van der Waals surface area contributed by atoms with Gasteiger partial charge in [-0.25, -0.2) is 4.68 Å². The third-order valence-electron chi connectivity index (χ3n) is 2.66. The molecule has 0 bridgehead atoms. The highest BCUT2D eigenvalue weighted by Gasteiger charge is 2.15. The Morgan fingerprint density at radius 2 is 2.05 bits per heavy atom. The number of halogens is 1. The largest absolute Gasteiger partial charge is 0.497 e. The molecule has 0 unspecified atom stereocenters. The molecule has 2 aromatic rings. The number of benzene rings is 1. The van der Waals surface area contributed by atoms with Crippen LogP contribution in [-0.4, -0.2) is 23.0 Å². The van der Waals surface area contributed by atoms with Gasteiger partial charge in [-0.1, -0.05) is 6.07 Å². The first-order valence-electron chi connectivity index (χ1n) is 6.09. The second kappa shape index (κ2) is 5.81. The molecule has 0 aliphatic heterocycles. The van der Waals surface area contributed by atoms with E-state index >= 15 is 0 Å². The predicted octanol–water partition coefficient (Wildman–Crippen LogP) is 3.58. The highest BCUT2D eigenvalue weighted by Crippen LogP contribution is 2.27. The summed E-state index contributed by atoms with van der Waals surface area (Å²) in [4.78, 5) is 0. The van der Waals surface area contributed by atoms with Crippen LogP contribution < -0.4 is 9.47 Å². The average molecular weight is 372 g/mol. The van der Waals surface area contributed by atoms with Crippen molar-refractivity contribution in [2.24, 2.45) is 0 Å². The highest BCUT2D eigenvalue weighted by molar-refractivity contribution is 14.1. The average Bonchev–Trinajstić information content (AvgIpc) is 2.67. The van der Waals surface area contributed by atoms with Crippen LogP contribution in [0, 0.1) is 10.5 Å². The van der Waals surface area contributed by atoms with E-state index < -0.39 is 0 Å². The van der Waals surface area contributed by atoms with E-state index in [0.717, 1.165) is 20.7 Å². The Morgan fingerprint density at radius 3 is 2.68 bits per heavy atom. The standard InChI is InChI=1S/C14H17IN2O2/c1-9(2)19-14-13(15)10(3)17(16-14)11-6-5-7-12(8-11)18-4/h5-9H,1-4H3. The van der Waals surface area contributed by atoms with Crippen molar-refractivity contribution in [3.05, 3.63) is 33.5 Å². The van der Waals surface area contributed by atoms with Gasteiger partial charge in [0.2, 0.25) is 5.88 Å². The van der Waals surface area contributed by atoms with Crippen molar-refractivity contribution in [2.75, 3.05) is 7.11 Å². The molecule has 102 valence electrons. The summed E-state index contributed by atoms with van der Waals surface area (Å²) in [7, 11) is 1.66. The molecule has 0 radical (unpaired) electrons. The minimum atomic E-state index is 0.113. The van der Waals surface area contributed by atoms with Crippen molar-refractivity contribution >= 4 is 22.6 Å². The van der Waals surface area contributed by atoms with Gasteiger partial charge in [-0.15, -0.1) is 5.10 Å². The molecular weight excluding hydrogens is 355 g/mol. The molecule has 0 fully saturated rings. The molecule has 0 spiro atoms. The fourth-order valence-corrected chi connectivity index (χ4v) is 2.21. The Bertz CT molecular complexity index is 579. The minimum Gasteiger partial charge on any atom is -0.497 e. The van der Waals surface area contributed by atoms with Crippen LogP contribution in [0.2, 0.25) is 0 Å². The van der Waals surface area contributed by atoms with E-state index in [-0.39, 0.29) is 6.10 Å². The second-order valence-corrected chi connectivity index (χ2v) is 5.56. The Kier molecular flexibility index (Phi) is 4.34. The number of rotatable bonds is 4. The zero-order valence-electron chi connectivity index (χ0n) is 11.5. The van der Waals surface area contributed by atoms with Crippen molar-refractivity contribution in [3.63, 3.8) is 0 Å². The molecule has 5 heteroatoms. The van der Waals surface area contributed by atoms with Gasteiger partial charge in [0.15, 0.2) is 0 Å². The van der Waals surface area contributed by atoms with Gasteiger partial charge >= 0.3 is 0 Å². The fourth-order valence-electron chi connectivity index (χ4n) is 1.75. The normalized spacial score (nSPS) is 10.8. The zero-order chi connectivity index (χ0) is 14.0. The Morgan fingerprint density at radius 1 is 1.32 bits per heavy atom. The van der Waals surface area contributed by atoms with Crippen LogP contribution in [0.5, 0.6) is 11.6 Å². The van der Waals surface area contributed by atoms with E-state index in [4.69, 9.17) is 9.47 Å². The molecular formula is C14H17IN2O2. The summed E-state index contributed by atoms with van der Waals surface area (Å²) in [6.45, 7) is 6.02. The van der Waals surface area contributed by atoms with Crippen molar-refractivity contribution in [1.82, 2.24) is 9.78 Å². The molecule has 0 atom stereocenters. The van der Waals surface area contributed by atoms with Gasteiger partial charge in [-0.2, -0.15) is 0 Å². The van der Waals surface area contributed by atoms with Gasteiger partial charge in [0.1, 0.15) is 5.75 Å². The minimum absolute atomic E-state index is 0.113. The maximum atomic E-state index is 5.71. The fraction of sp³-hybridized carbons (Fsp3) is 0.357. The smallest absolute Gasteiger partial charge is 0.247 e. The van der Waals surface area contributed by atoms with Gasteiger partial charge in [0.05, 0.1) is 28.2 Å². The summed E-state index contributed by atoms with van der Waals surface area (Å²) in [5.74, 6) is 1.49. The van der Waals surface area contributed by atoms with E-state index in [1.807, 2.05) is 49.7 Å². The summed E-state index contributed by atoms with van der Waals surface area (Å²) in [6.07, 6.45) is 0.113. The number of hydrogen-bond acceptors (Lipinski definition) is 3.